The van der Waals surface area contributed by atoms with Gasteiger partial charge in [0, 0.05) is 36.9 Å². The average Bonchev–Trinajstić information content (AvgIpc) is 2.82. The first-order chi connectivity index (χ1) is 11.8. The number of pyridine rings is 1. The largest absolute Gasteiger partial charge is 0.418 e. The number of halogens is 3. The first kappa shape index (κ1) is 16.8. The maximum absolute atomic E-state index is 13.2. The van der Waals surface area contributed by atoms with Crippen LogP contribution in [-0.2, 0) is 19.1 Å². The van der Waals surface area contributed by atoms with Crippen molar-refractivity contribution in [1.29, 1.82) is 0 Å². The lowest BCUT2D eigenvalue weighted by molar-refractivity contribution is -0.136. The van der Waals surface area contributed by atoms with Gasteiger partial charge in [-0.25, -0.2) is 4.98 Å². The van der Waals surface area contributed by atoms with Gasteiger partial charge in [0.1, 0.15) is 5.65 Å². The fraction of sp³-hybridized carbons (Fsp3) is 0.611. The molecule has 0 atom stereocenters. The Labute approximate surface area is 144 Å². The number of alkyl halides is 3. The van der Waals surface area contributed by atoms with Crippen LogP contribution < -0.4 is 0 Å². The van der Waals surface area contributed by atoms with E-state index in [0.29, 0.717) is 17.0 Å². The Balaban J connectivity index is 1.56. The molecule has 1 saturated heterocycles. The third-order valence-electron chi connectivity index (χ3n) is 5.58. The van der Waals surface area contributed by atoms with Crippen molar-refractivity contribution < 1.29 is 18.3 Å². The lowest BCUT2D eigenvalue weighted by Gasteiger charge is -2.58. The van der Waals surface area contributed by atoms with Crippen LogP contribution in [0.5, 0.6) is 0 Å². The van der Waals surface area contributed by atoms with Crippen molar-refractivity contribution in [2.45, 2.75) is 32.0 Å². The second-order valence-electron chi connectivity index (χ2n) is 7.78. The predicted octanol–water partition coefficient (Wildman–Crippen LogP) is 2.93. The van der Waals surface area contributed by atoms with Gasteiger partial charge in [0.05, 0.1) is 12.2 Å². The predicted molar refractivity (Wildman–Crippen MR) is 88.2 cm³/mol. The first-order valence-corrected chi connectivity index (χ1v) is 8.65. The van der Waals surface area contributed by atoms with E-state index in [2.05, 4.69) is 16.9 Å². The molecule has 2 aromatic heterocycles. The van der Waals surface area contributed by atoms with Gasteiger partial charge < -0.3 is 14.6 Å². The number of hydrogen-bond donors (Lipinski definition) is 1. The SMILES string of the molecule is CN1CC2(CC(Cc3ccc4c(C(F)(F)F)cn(CCO)c4n3)C2)C1. The summed E-state index contributed by atoms with van der Waals surface area (Å²) >= 11 is 0. The highest BCUT2D eigenvalue weighted by Gasteiger charge is 2.50. The molecule has 0 radical (unpaired) electrons. The van der Waals surface area contributed by atoms with E-state index >= 15 is 0 Å². The van der Waals surface area contributed by atoms with Crippen LogP contribution in [0.15, 0.2) is 18.3 Å². The van der Waals surface area contributed by atoms with Crippen LogP contribution in [-0.4, -0.2) is 46.3 Å². The van der Waals surface area contributed by atoms with E-state index in [1.165, 1.54) is 23.5 Å². The van der Waals surface area contributed by atoms with Gasteiger partial charge in [0.25, 0.3) is 0 Å². The maximum Gasteiger partial charge on any atom is 0.418 e. The number of fused-ring (bicyclic) bond motifs is 1. The number of rotatable bonds is 4. The molecule has 4 rings (SSSR count). The molecule has 7 heteroatoms. The third kappa shape index (κ3) is 2.93. The summed E-state index contributed by atoms with van der Waals surface area (Å²) in [5.74, 6) is 0.571. The average molecular weight is 353 g/mol. The van der Waals surface area contributed by atoms with Crippen molar-refractivity contribution in [3.05, 3.63) is 29.6 Å². The van der Waals surface area contributed by atoms with E-state index in [1.807, 2.05) is 0 Å². The molecule has 2 aliphatic rings. The summed E-state index contributed by atoms with van der Waals surface area (Å²) in [5, 5.41) is 9.24. The standard InChI is InChI=1S/C18H22F3N3O/c1-23-10-17(11-23)7-12(8-17)6-13-2-3-14-15(18(19,20)21)9-24(4-5-25)16(14)22-13/h2-3,9,12,25H,4-8,10-11H2,1H3. The van der Waals surface area contributed by atoms with Crippen LogP contribution in [0.1, 0.15) is 24.1 Å². The van der Waals surface area contributed by atoms with Gasteiger partial charge in [-0.05, 0) is 49.8 Å². The Kier molecular flexibility index (Phi) is 3.85. The van der Waals surface area contributed by atoms with Crippen molar-refractivity contribution >= 4 is 11.0 Å². The summed E-state index contributed by atoms with van der Waals surface area (Å²) in [4.78, 5) is 6.82. The molecule has 2 fully saturated rings. The second-order valence-corrected chi connectivity index (χ2v) is 7.78. The van der Waals surface area contributed by atoms with Gasteiger partial charge in [0.15, 0.2) is 0 Å². The van der Waals surface area contributed by atoms with E-state index in [0.717, 1.165) is 31.4 Å². The summed E-state index contributed by atoms with van der Waals surface area (Å²) in [6.07, 6.45) is -0.183. The Morgan fingerprint density at radius 1 is 1.28 bits per heavy atom. The van der Waals surface area contributed by atoms with Crippen molar-refractivity contribution in [2.24, 2.45) is 11.3 Å². The van der Waals surface area contributed by atoms with Gasteiger partial charge >= 0.3 is 6.18 Å². The topological polar surface area (TPSA) is 41.3 Å². The molecule has 0 unspecified atom stereocenters. The smallest absolute Gasteiger partial charge is 0.395 e. The van der Waals surface area contributed by atoms with Gasteiger partial charge in [-0.3, -0.25) is 0 Å². The molecule has 1 spiro atoms. The molecule has 2 aromatic rings. The van der Waals surface area contributed by atoms with Crippen LogP contribution in [0.2, 0.25) is 0 Å². The summed E-state index contributed by atoms with van der Waals surface area (Å²) in [5.41, 5.74) is 0.960. The Bertz CT molecular complexity index is 785. The number of nitrogens with zero attached hydrogens (tertiary/aromatic N) is 3. The van der Waals surface area contributed by atoms with Crippen molar-refractivity contribution in [1.82, 2.24) is 14.5 Å². The fourth-order valence-electron chi connectivity index (χ4n) is 4.78. The van der Waals surface area contributed by atoms with Crippen molar-refractivity contribution in [2.75, 3.05) is 26.7 Å². The molecule has 3 heterocycles. The first-order valence-electron chi connectivity index (χ1n) is 8.65. The minimum Gasteiger partial charge on any atom is -0.395 e. The van der Waals surface area contributed by atoms with Gasteiger partial charge in [-0.15, -0.1) is 0 Å². The number of aliphatic hydroxyl groups excluding tert-OH is 1. The molecule has 1 aliphatic heterocycles. The maximum atomic E-state index is 13.2. The van der Waals surface area contributed by atoms with Crippen molar-refractivity contribution in [3.8, 4) is 0 Å². The number of aliphatic hydroxyl groups is 1. The highest BCUT2D eigenvalue weighted by atomic mass is 19.4. The Morgan fingerprint density at radius 2 is 2.00 bits per heavy atom. The van der Waals surface area contributed by atoms with Gasteiger partial charge in [-0.2, -0.15) is 13.2 Å². The zero-order valence-corrected chi connectivity index (χ0v) is 14.2. The highest BCUT2D eigenvalue weighted by Crippen LogP contribution is 2.52. The lowest BCUT2D eigenvalue weighted by atomic mass is 9.57. The molecule has 4 nitrogen and oxygen atoms in total. The van der Waals surface area contributed by atoms with E-state index in [4.69, 9.17) is 5.11 Å². The monoisotopic (exact) mass is 353 g/mol. The van der Waals surface area contributed by atoms with Crippen LogP contribution in [0.25, 0.3) is 11.0 Å². The van der Waals surface area contributed by atoms with Crippen LogP contribution in [0.4, 0.5) is 13.2 Å². The molecule has 0 bridgehead atoms. The van der Waals surface area contributed by atoms with Crippen LogP contribution in [0.3, 0.4) is 0 Å². The van der Waals surface area contributed by atoms with Crippen molar-refractivity contribution in [3.63, 3.8) is 0 Å². The van der Waals surface area contributed by atoms with Crippen LogP contribution >= 0.6 is 0 Å². The summed E-state index contributed by atoms with van der Waals surface area (Å²) in [7, 11) is 2.13. The normalized spacial score (nSPS) is 20.8. The fourth-order valence-corrected chi connectivity index (χ4v) is 4.78. The Morgan fingerprint density at radius 3 is 2.60 bits per heavy atom. The number of likely N-dealkylation sites (tertiary alicyclic amines) is 1. The van der Waals surface area contributed by atoms with Gasteiger partial charge in [0.2, 0.25) is 0 Å². The molecular formula is C18H22F3N3O. The molecule has 1 N–H and O–H groups in total. The summed E-state index contributed by atoms with van der Waals surface area (Å²) in [6, 6.07) is 3.25. The third-order valence-corrected chi connectivity index (χ3v) is 5.58. The highest BCUT2D eigenvalue weighted by molar-refractivity contribution is 5.81. The molecule has 1 aliphatic carbocycles. The zero-order chi connectivity index (χ0) is 17.8. The quantitative estimate of drug-likeness (QED) is 0.919. The van der Waals surface area contributed by atoms with E-state index in [-0.39, 0.29) is 18.5 Å². The molecular weight excluding hydrogens is 331 g/mol. The summed E-state index contributed by atoms with van der Waals surface area (Å²) in [6.45, 7) is 2.21. The van der Waals surface area contributed by atoms with E-state index in [1.54, 1.807) is 6.07 Å². The molecule has 1 saturated carbocycles. The van der Waals surface area contributed by atoms with E-state index < -0.39 is 11.7 Å². The molecule has 25 heavy (non-hydrogen) atoms. The minimum atomic E-state index is -4.42. The van der Waals surface area contributed by atoms with Gasteiger partial charge in [-0.1, -0.05) is 0 Å². The molecule has 0 aromatic carbocycles. The molecule has 136 valence electrons. The van der Waals surface area contributed by atoms with Crippen LogP contribution in [0, 0.1) is 11.3 Å². The molecule has 0 amide bonds. The zero-order valence-electron chi connectivity index (χ0n) is 14.2. The van der Waals surface area contributed by atoms with E-state index in [9.17, 15) is 13.2 Å². The second kappa shape index (κ2) is 5.71. The Hall–Kier alpha value is -1.60. The summed E-state index contributed by atoms with van der Waals surface area (Å²) < 4.78 is 41.0. The minimum absolute atomic E-state index is 0.107. The number of aromatic nitrogens is 2. The number of hydrogen-bond acceptors (Lipinski definition) is 3. The lowest BCUT2D eigenvalue weighted by Crippen LogP contribution is -2.60.